The molecule has 0 saturated carbocycles. The molecule has 1 N–H and O–H groups in total. The number of rotatable bonds is 5. The van der Waals surface area contributed by atoms with Gasteiger partial charge < -0.3 is 14.6 Å². The van der Waals surface area contributed by atoms with Crippen molar-refractivity contribution in [2.45, 2.75) is 6.61 Å². The highest BCUT2D eigenvalue weighted by Crippen LogP contribution is 2.18. The number of hydrogen-bond acceptors (Lipinski definition) is 4. The number of benzene rings is 1. The lowest BCUT2D eigenvalue weighted by molar-refractivity contribution is 0.0691. The Labute approximate surface area is 110 Å². The molecule has 98 valence electrons. The van der Waals surface area contributed by atoms with Crippen LogP contribution in [0.1, 0.15) is 15.9 Å². The summed E-state index contributed by atoms with van der Waals surface area (Å²) >= 11 is 0. The second kappa shape index (κ2) is 5.86. The monoisotopic (exact) mass is 259 g/mol. The second-order valence-corrected chi connectivity index (χ2v) is 3.81. The van der Waals surface area contributed by atoms with E-state index in [4.69, 9.17) is 14.6 Å². The molecule has 0 saturated heterocycles. The molecule has 0 atom stereocenters. The van der Waals surface area contributed by atoms with Gasteiger partial charge in [-0.15, -0.1) is 0 Å². The lowest BCUT2D eigenvalue weighted by atomic mass is 10.2. The van der Waals surface area contributed by atoms with Crippen LogP contribution in [-0.4, -0.2) is 23.2 Å². The Hall–Kier alpha value is -2.56. The van der Waals surface area contributed by atoms with E-state index in [1.807, 2.05) is 24.3 Å². The zero-order chi connectivity index (χ0) is 13.7. The highest BCUT2D eigenvalue weighted by Gasteiger charge is 2.10. The van der Waals surface area contributed by atoms with Gasteiger partial charge in [0, 0.05) is 6.20 Å². The number of ether oxygens (including phenoxy) is 2. The van der Waals surface area contributed by atoms with E-state index in [1.165, 1.54) is 18.5 Å². The number of aromatic nitrogens is 1. The predicted molar refractivity (Wildman–Crippen MR) is 68.5 cm³/mol. The van der Waals surface area contributed by atoms with Crippen LogP contribution in [0, 0.1) is 0 Å². The van der Waals surface area contributed by atoms with E-state index in [2.05, 4.69) is 4.98 Å². The Morgan fingerprint density at radius 3 is 2.63 bits per heavy atom. The third kappa shape index (κ3) is 3.22. The first-order valence-corrected chi connectivity index (χ1v) is 5.63. The summed E-state index contributed by atoms with van der Waals surface area (Å²) < 4.78 is 10.5. The zero-order valence-electron chi connectivity index (χ0n) is 10.4. The summed E-state index contributed by atoms with van der Waals surface area (Å²) in [5, 5.41) is 9.01. The average molecular weight is 259 g/mol. The first-order valence-electron chi connectivity index (χ1n) is 5.63. The van der Waals surface area contributed by atoms with Gasteiger partial charge in [0.25, 0.3) is 0 Å². The number of pyridine rings is 1. The molecule has 5 nitrogen and oxygen atoms in total. The van der Waals surface area contributed by atoms with Crippen molar-refractivity contribution < 1.29 is 19.4 Å². The SMILES string of the molecule is COc1ccc(COc2cnccc2C(=O)O)cc1. The van der Waals surface area contributed by atoms with Crippen molar-refractivity contribution in [3.63, 3.8) is 0 Å². The molecule has 0 unspecified atom stereocenters. The van der Waals surface area contributed by atoms with Gasteiger partial charge in [0.2, 0.25) is 0 Å². The lowest BCUT2D eigenvalue weighted by Gasteiger charge is -2.08. The molecule has 0 radical (unpaired) electrons. The fraction of sp³-hybridized carbons (Fsp3) is 0.143. The fourth-order valence-electron chi connectivity index (χ4n) is 1.55. The van der Waals surface area contributed by atoms with Crippen LogP contribution in [0.4, 0.5) is 0 Å². The number of methoxy groups -OCH3 is 1. The molecule has 2 rings (SSSR count). The molecule has 1 heterocycles. The van der Waals surface area contributed by atoms with Crippen LogP contribution < -0.4 is 9.47 Å². The van der Waals surface area contributed by atoms with Crippen molar-refractivity contribution in [1.29, 1.82) is 0 Å². The Bertz CT molecular complexity index is 566. The Morgan fingerprint density at radius 2 is 2.00 bits per heavy atom. The fourth-order valence-corrected chi connectivity index (χ4v) is 1.55. The molecule has 0 aliphatic carbocycles. The molecule has 0 aliphatic heterocycles. The van der Waals surface area contributed by atoms with E-state index in [0.29, 0.717) is 0 Å². The summed E-state index contributed by atoms with van der Waals surface area (Å²) in [4.78, 5) is 14.9. The molecular formula is C14H13NO4. The third-order valence-corrected chi connectivity index (χ3v) is 2.57. The van der Waals surface area contributed by atoms with Gasteiger partial charge in [-0.25, -0.2) is 4.79 Å². The molecule has 1 aromatic heterocycles. The van der Waals surface area contributed by atoms with Crippen LogP contribution >= 0.6 is 0 Å². The zero-order valence-corrected chi connectivity index (χ0v) is 10.4. The molecule has 0 aliphatic rings. The van der Waals surface area contributed by atoms with Gasteiger partial charge in [-0.2, -0.15) is 0 Å². The molecule has 0 bridgehead atoms. The van der Waals surface area contributed by atoms with E-state index < -0.39 is 5.97 Å². The topological polar surface area (TPSA) is 68.7 Å². The summed E-state index contributed by atoms with van der Waals surface area (Å²) in [5.74, 6) is -0.0192. The summed E-state index contributed by atoms with van der Waals surface area (Å²) in [6, 6.07) is 8.76. The van der Waals surface area contributed by atoms with E-state index in [-0.39, 0.29) is 17.9 Å². The van der Waals surface area contributed by atoms with Gasteiger partial charge >= 0.3 is 5.97 Å². The molecule has 0 amide bonds. The largest absolute Gasteiger partial charge is 0.497 e. The van der Waals surface area contributed by atoms with Gasteiger partial charge in [-0.1, -0.05) is 12.1 Å². The number of carboxylic acid groups (broad SMARTS) is 1. The van der Waals surface area contributed by atoms with Gasteiger partial charge in [0.05, 0.1) is 13.3 Å². The maximum atomic E-state index is 11.0. The molecule has 2 aromatic rings. The minimum absolute atomic E-state index is 0.100. The summed E-state index contributed by atoms with van der Waals surface area (Å²) in [7, 11) is 1.60. The third-order valence-electron chi connectivity index (χ3n) is 2.57. The van der Waals surface area contributed by atoms with Crippen LogP contribution in [0.5, 0.6) is 11.5 Å². The number of carbonyl (C=O) groups is 1. The van der Waals surface area contributed by atoms with Crippen LogP contribution in [0.3, 0.4) is 0 Å². The quantitative estimate of drug-likeness (QED) is 0.892. The Balaban J connectivity index is 2.07. The van der Waals surface area contributed by atoms with Crippen molar-refractivity contribution in [3.05, 3.63) is 53.9 Å². The number of carboxylic acids is 1. The standard InChI is InChI=1S/C14H13NO4/c1-18-11-4-2-10(3-5-11)9-19-13-8-15-7-6-12(13)14(16)17/h2-8H,9H2,1H3,(H,16,17). The molecule has 1 aromatic carbocycles. The Morgan fingerprint density at radius 1 is 1.26 bits per heavy atom. The number of aromatic carboxylic acids is 1. The van der Waals surface area contributed by atoms with Gasteiger partial charge in [0.15, 0.2) is 5.75 Å². The van der Waals surface area contributed by atoms with Crippen molar-refractivity contribution >= 4 is 5.97 Å². The maximum absolute atomic E-state index is 11.0. The summed E-state index contributed by atoms with van der Waals surface area (Å²) in [5.41, 5.74) is 1.02. The molecular weight excluding hydrogens is 246 g/mol. The molecule has 19 heavy (non-hydrogen) atoms. The van der Waals surface area contributed by atoms with Gasteiger partial charge in [0.1, 0.15) is 17.9 Å². The first-order chi connectivity index (χ1) is 9.20. The van der Waals surface area contributed by atoms with Crippen molar-refractivity contribution in [3.8, 4) is 11.5 Å². The smallest absolute Gasteiger partial charge is 0.339 e. The molecule has 0 fully saturated rings. The van der Waals surface area contributed by atoms with Crippen LogP contribution in [0.15, 0.2) is 42.7 Å². The van der Waals surface area contributed by atoms with E-state index in [0.717, 1.165) is 11.3 Å². The molecule has 0 spiro atoms. The predicted octanol–water partition coefficient (Wildman–Crippen LogP) is 2.37. The van der Waals surface area contributed by atoms with E-state index >= 15 is 0 Å². The molecule has 5 heteroatoms. The van der Waals surface area contributed by atoms with Crippen LogP contribution in [-0.2, 0) is 6.61 Å². The second-order valence-electron chi connectivity index (χ2n) is 3.81. The minimum Gasteiger partial charge on any atom is -0.497 e. The van der Waals surface area contributed by atoms with E-state index in [9.17, 15) is 4.79 Å². The first kappa shape index (κ1) is 12.9. The minimum atomic E-state index is -1.04. The van der Waals surface area contributed by atoms with Crippen LogP contribution in [0.2, 0.25) is 0 Å². The van der Waals surface area contributed by atoms with Crippen molar-refractivity contribution in [1.82, 2.24) is 4.98 Å². The van der Waals surface area contributed by atoms with Gasteiger partial charge in [-0.3, -0.25) is 4.98 Å². The highest BCUT2D eigenvalue weighted by atomic mass is 16.5. The van der Waals surface area contributed by atoms with Crippen molar-refractivity contribution in [2.75, 3.05) is 7.11 Å². The van der Waals surface area contributed by atoms with Gasteiger partial charge in [-0.05, 0) is 23.8 Å². The lowest BCUT2D eigenvalue weighted by Crippen LogP contribution is -2.03. The normalized spacial score (nSPS) is 9.95. The van der Waals surface area contributed by atoms with Crippen LogP contribution in [0.25, 0.3) is 0 Å². The average Bonchev–Trinajstić information content (AvgIpc) is 2.46. The van der Waals surface area contributed by atoms with E-state index in [1.54, 1.807) is 7.11 Å². The summed E-state index contributed by atoms with van der Waals surface area (Å²) in [6.45, 7) is 0.274. The Kier molecular flexibility index (Phi) is 3.97. The number of hydrogen-bond donors (Lipinski definition) is 1. The summed E-state index contributed by atoms with van der Waals surface area (Å²) in [6.07, 6.45) is 2.82. The maximum Gasteiger partial charge on any atom is 0.339 e. The number of nitrogens with zero attached hydrogens (tertiary/aromatic N) is 1. The van der Waals surface area contributed by atoms with Crippen molar-refractivity contribution in [2.24, 2.45) is 0 Å². The highest BCUT2D eigenvalue weighted by molar-refractivity contribution is 5.90.